The summed E-state index contributed by atoms with van der Waals surface area (Å²) in [5.74, 6) is 0.746. The molecule has 1 aliphatic carbocycles. The second kappa shape index (κ2) is 5.34. The standard InChI is InChI=1S/C12H18ClN3O4S/c1-12(13)5-7-9(8(6-12)16-21(4,17)18)15-11(20-3)10(14-7)19-2/h5,14-16H,6H2,1-4H3. The lowest BCUT2D eigenvalue weighted by Crippen LogP contribution is -2.41. The normalized spacial score (nSPS) is 25.5. The van der Waals surface area contributed by atoms with Gasteiger partial charge in [-0.3, -0.25) is 4.72 Å². The molecule has 0 bridgehead atoms. The Bertz CT molecular complexity index is 649. The van der Waals surface area contributed by atoms with Gasteiger partial charge >= 0.3 is 0 Å². The predicted octanol–water partition coefficient (Wildman–Crippen LogP) is 0.644. The van der Waals surface area contributed by atoms with Crippen molar-refractivity contribution in [2.24, 2.45) is 0 Å². The van der Waals surface area contributed by atoms with Crippen LogP contribution in [0.4, 0.5) is 0 Å². The SMILES string of the molecule is COC1=C(OC)NC2=C(NS(C)(=O)=O)CC(C)(Cl)C=C2N1. The van der Waals surface area contributed by atoms with Crippen molar-refractivity contribution < 1.29 is 17.9 Å². The Labute approximate surface area is 129 Å². The molecule has 0 aromatic carbocycles. The molecule has 0 aromatic heterocycles. The van der Waals surface area contributed by atoms with Gasteiger partial charge in [0.1, 0.15) is 0 Å². The summed E-state index contributed by atoms with van der Waals surface area (Å²) in [7, 11) is -0.438. The minimum Gasteiger partial charge on any atom is -0.479 e. The van der Waals surface area contributed by atoms with Crippen LogP contribution >= 0.6 is 11.6 Å². The van der Waals surface area contributed by atoms with E-state index in [1.54, 1.807) is 13.0 Å². The molecule has 0 saturated carbocycles. The summed E-state index contributed by atoms with van der Waals surface area (Å²) in [6.45, 7) is 1.80. The van der Waals surface area contributed by atoms with Gasteiger partial charge in [0.05, 0.1) is 42.4 Å². The Kier molecular flexibility index (Phi) is 4.03. The largest absolute Gasteiger partial charge is 0.479 e. The number of hydrogen-bond donors (Lipinski definition) is 3. The topological polar surface area (TPSA) is 88.7 Å². The molecule has 0 radical (unpaired) electrons. The number of nitrogens with one attached hydrogen (secondary N) is 3. The molecule has 7 nitrogen and oxygen atoms in total. The number of ether oxygens (including phenoxy) is 2. The van der Waals surface area contributed by atoms with Crippen molar-refractivity contribution in [2.75, 3.05) is 20.5 Å². The van der Waals surface area contributed by atoms with Crippen molar-refractivity contribution in [3.8, 4) is 0 Å². The summed E-state index contributed by atoms with van der Waals surface area (Å²) in [5.41, 5.74) is 1.66. The molecule has 118 valence electrons. The molecule has 0 fully saturated rings. The fraction of sp³-hybridized carbons (Fsp3) is 0.500. The number of sulfonamides is 1. The van der Waals surface area contributed by atoms with Gasteiger partial charge in [0.2, 0.25) is 10.0 Å². The first kappa shape index (κ1) is 15.8. The van der Waals surface area contributed by atoms with E-state index in [2.05, 4.69) is 15.4 Å². The van der Waals surface area contributed by atoms with Crippen molar-refractivity contribution in [1.29, 1.82) is 0 Å². The summed E-state index contributed by atoms with van der Waals surface area (Å²) >= 11 is 6.38. The Morgan fingerprint density at radius 1 is 1.29 bits per heavy atom. The number of hydrogen-bond acceptors (Lipinski definition) is 6. The molecular formula is C12H18ClN3O4S. The molecule has 9 heteroatoms. The van der Waals surface area contributed by atoms with Gasteiger partial charge < -0.3 is 20.1 Å². The molecule has 1 unspecified atom stereocenters. The Morgan fingerprint density at radius 2 is 1.86 bits per heavy atom. The third kappa shape index (κ3) is 3.56. The molecule has 0 saturated heterocycles. The van der Waals surface area contributed by atoms with E-state index in [9.17, 15) is 8.42 Å². The first-order valence-electron chi connectivity index (χ1n) is 6.14. The molecule has 0 aromatic rings. The van der Waals surface area contributed by atoms with E-state index in [-0.39, 0.29) is 0 Å². The van der Waals surface area contributed by atoms with Gasteiger partial charge in [0, 0.05) is 6.42 Å². The first-order valence-corrected chi connectivity index (χ1v) is 8.41. The number of halogens is 1. The van der Waals surface area contributed by atoms with Crippen LogP contribution < -0.4 is 15.4 Å². The lowest BCUT2D eigenvalue weighted by Gasteiger charge is -2.34. The molecule has 3 N–H and O–H groups in total. The van der Waals surface area contributed by atoms with Crippen molar-refractivity contribution in [2.45, 2.75) is 18.2 Å². The minimum absolute atomic E-state index is 0.328. The smallest absolute Gasteiger partial charge is 0.253 e. The molecule has 0 amide bonds. The Morgan fingerprint density at radius 3 is 2.38 bits per heavy atom. The highest BCUT2D eigenvalue weighted by atomic mass is 35.5. The molecule has 21 heavy (non-hydrogen) atoms. The molecule has 1 aliphatic heterocycles. The minimum atomic E-state index is -3.42. The third-order valence-electron chi connectivity index (χ3n) is 2.95. The van der Waals surface area contributed by atoms with E-state index in [1.807, 2.05) is 0 Å². The number of fused-ring (bicyclic) bond motifs is 1. The van der Waals surface area contributed by atoms with Crippen molar-refractivity contribution in [3.63, 3.8) is 0 Å². The quantitative estimate of drug-likeness (QED) is 0.654. The summed E-state index contributed by atoms with van der Waals surface area (Å²) in [6, 6.07) is 0. The van der Waals surface area contributed by atoms with E-state index in [0.29, 0.717) is 35.3 Å². The monoisotopic (exact) mass is 335 g/mol. The highest BCUT2D eigenvalue weighted by molar-refractivity contribution is 7.88. The van der Waals surface area contributed by atoms with Crippen LogP contribution in [0.1, 0.15) is 13.3 Å². The first-order chi connectivity index (χ1) is 9.65. The van der Waals surface area contributed by atoms with E-state index < -0.39 is 14.9 Å². The zero-order chi connectivity index (χ0) is 15.8. The second-order valence-electron chi connectivity index (χ2n) is 5.06. The Balaban J connectivity index is 2.50. The van der Waals surface area contributed by atoms with E-state index in [1.165, 1.54) is 14.2 Å². The summed E-state index contributed by atoms with van der Waals surface area (Å²) < 4.78 is 35.9. The van der Waals surface area contributed by atoms with Crippen molar-refractivity contribution in [1.82, 2.24) is 15.4 Å². The third-order valence-corrected chi connectivity index (χ3v) is 3.81. The van der Waals surface area contributed by atoms with Crippen LogP contribution in [0.3, 0.4) is 0 Å². The molecule has 1 heterocycles. The van der Waals surface area contributed by atoms with Crippen LogP contribution in [-0.2, 0) is 19.5 Å². The highest BCUT2D eigenvalue weighted by Crippen LogP contribution is 2.35. The van der Waals surface area contributed by atoms with E-state index >= 15 is 0 Å². The van der Waals surface area contributed by atoms with E-state index in [4.69, 9.17) is 21.1 Å². The maximum atomic E-state index is 11.5. The van der Waals surface area contributed by atoms with Crippen LogP contribution in [0.5, 0.6) is 0 Å². The van der Waals surface area contributed by atoms with E-state index in [0.717, 1.165) is 6.26 Å². The van der Waals surface area contributed by atoms with Gasteiger partial charge in [0.15, 0.2) is 0 Å². The number of methoxy groups -OCH3 is 2. The van der Waals surface area contributed by atoms with Gasteiger partial charge in [-0.05, 0) is 13.0 Å². The summed E-state index contributed by atoms with van der Waals surface area (Å²) in [6.07, 6.45) is 3.22. The maximum absolute atomic E-state index is 11.5. The molecular weight excluding hydrogens is 318 g/mol. The predicted molar refractivity (Wildman–Crippen MR) is 79.3 cm³/mol. The highest BCUT2D eigenvalue weighted by Gasteiger charge is 2.34. The molecule has 1 atom stereocenters. The summed E-state index contributed by atoms with van der Waals surface area (Å²) in [5, 5.41) is 6.04. The van der Waals surface area contributed by atoms with Gasteiger partial charge in [-0.1, -0.05) is 0 Å². The van der Waals surface area contributed by atoms with Crippen LogP contribution in [0.15, 0.2) is 34.9 Å². The van der Waals surface area contributed by atoms with Gasteiger partial charge in [0.25, 0.3) is 11.8 Å². The number of rotatable bonds is 4. The van der Waals surface area contributed by atoms with Crippen molar-refractivity contribution >= 4 is 21.6 Å². The molecule has 0 spiro atoms. The van der Waals surface area contributed by atoms with Crippen LogP contribution in [0.2, 0.25) is 0 Å². The zero-order valence-corrected chi connectivity index (χ0v) is 13.8. The zero-order valence-electron chi connectivity index (χ0n) is 12.2. The average Bonchev–Trinajstić information content (AvgIpc) is 2.34. The summed E-state index contributed by atoms with van der Waals surface area (Å²) in [4.78, 5) is -0.718. The van der Waals surface area contributed by atoms with Crippen LogP contribution in [0.25, 0.3) is 0 Å². The van der Waals surface area contributed by atoms with Gasteiger partial charge in [-0.15, -0.1) is 11.6 Å². The lowest BCUT2D eigenvalue weighted by molar-refractivity contribution is 0.186. The van der Waals surface area contributed by atoms with Gasteiger partial charge in [-0.25, -0.2) is 8.42 Å². The Hall–Kier alpha value is -1.54. The number of allylic oxidation sites excluding steroid dienone is 2. The van der Waals surface area contributed by atoms with Gasteiger partial charge in [-0.2, -0.15) is 0 Å². The molecule has 2 aliphatic rings. The average molecular weight is 336 g/mol. The lowest BCUT2D eigenvalue weighted by atomic mass is 9.95. The van der Waals surface area contributed by atoms with Crippen molar-refractivity contribution in [3.05, 3.63) is 34.9 Å². The number of alkyl halides is 1. The maximum Gasteiger partial charge on any atom is 0.253 e. The fourth-order valence-electron chi connectivity index (χ4n) is 2.21. The molecule has 2 rings (SSSR count). The fourth-order valence-corrected chi connectivity index (χ4v) is 3.07. The van der Waals surface area contributed by atoms with Crippen LogP contribution in [-0.4, -0.2) is 33.8 Å². The second-order valence-corrected chi connectivity index (χ2v) is 7.67. The van der Waals surface area contributed by atoms with Crippen LogP contribution in [0, 0.1) is 0 Å².